The summed E-state index contributed by atoms with van der Waals surface area (Å²) in [4.78, 5) is 9.04. The molecule has 0 spiro atoms. The van der Waals surface area contributed by atoms with Crippen LogP contribution >= 0.6 is 29.2 Å². The van der Waals surface area contributed by atoms with E-state index in [0.29, 0.717) is 5.75 Å². The molecule has 0 radical (unpaired) electrons. The van der Waals surface area contributed by atoms with Crippen LogP contribution in [0.2, 0.25) is 0 Å². The zero-order chi connectivity index (χ0) is 9.90. The van der Waals surface area contributed by atoms with Gasteiger partial charge in [-0.05, 0) is 0 Å². The smallest absolute Gasteiger partial charge is 0.325 e. The highest BCUT2D eigenvalue weighted by Crippen LogP contribution is 2.43. The highest BCUT2D eigenvalue weighted by Gasteiger charge is 2.31. The van der Waals surface area contributed by atoms with Crippen LogP contribution in [0.3, 0.4) is 0 Å². The monoisotopic (exact) mass is 244 g/mol. The first-order valence-electron chi connectivity index (χ1n) is 3.79. The zero-order valence-corrected chi connectivity index (χ0v) is 10.0. The Bertz CT molecular complexity index is 207. The van der Waals surface area contributed by atoms with E-state index in [1.165, 1.54) is 6.66 Å². The molecule has 78 valence electrons. The van der Waals surface area contributed by atoms with Crippen LogP contribution in [-0.4, -0.2) is 42.4 Å². The van der Waals surface area contributed by atoms with Crippen molar-refractivity contribution in [1.29, 1.82) is 0 Å². The predicted molar refractivity (Wildman–Crippen MR) is 56.3 cm³/mol. The van der Waals surface area contributed by atoms with E-state index in [1.807, 2.05) is 0 Å². The van der Waals surface area contributed by atoms with Gasteiger partial charge in [-0.25, -0.2) is 0 Å². The van der Waals surface area contributed by atoms with Crippen molar-refractivity contribution in [2.45, 2.75) is 12.2 Å². The van der Waals surface area contributed by atoms with Gasteiger partial charge in [0, 0.05) is 25.3 Å². The van der Waals surface area contributed by atoms with Crippen molar-refractivity contribution in [3.8, 4) is 0 Å². The quantitative estimate of drug-likeness (QED) is 0.601. The highest BCUT2D eigenvalue weighted by molar-refractivity contribution is 8.76. The van der Waals surface area contributed by atoms with E-state index in [9.17, 15) is 4.57 Å². The molecule has 0 amide bonds. The summed E-state index contributed by atoms with van der Waals surface area (Å²) in [6.45, 7) is 1.20. The number of rotatable bonds is 3. The van der Waals surface area contributed by atoms with Gasteiger partial charge >= 0.3 is 7.60 Å². The summed E-state index contributed by atoms with van der Waals surface area (Å²) in [7, 11) is 1.55. The molecule has 3 unspecified atom stereocenters. The molecule has 1 fully saturated rings. The van der Waals surface area contributed by atoms with Crippen LogP contribution in [0.4, 0.5) is 0 Å². The number of hydrogen-bond acceptors (Lipinski definition) is 5. The molecule has 1 heterocycles. The van der Waals surface area contributed by atoms with Crippen molar-refractivity contribution in [3.63, 3.8) is 0 Å². The minimum Gasteiger partial charge on any atom is -0.378 e. The molecule has 3 atom stereocenters. The first kappa shape index (κ1) is 11.9. The van der Waals surface area contributed by atoms with Crippen LogP contribution in [0.1, 0.15) is 0 Å². The van der Waals surface area contributed by atoms with Crippen LogP contribution in [0, 0.1) is 0 Å². The van der Waals surface area contributed by atoms with Crippen molar-refractivity contribution < 1.29 is 18.7 Å². The van der Waals surface area contributed by atoms with Crippen molar-refractivity contribution >= 4 is 29.2 Å². The van der Waals surface area contributed by atoms with E-state index in [1.54, 1.807) is 28.7 Å². The van der Waals surface area contributed by atoms with Gasteiger partial charge in [0.2, 0.25) is 0 Å². The lowest BCUT2D eigenvalue weighted by Gasteiger charge is -2.29. The Morgan fingerprint density at radius 3 is 2.38 bits per heavy atom. The highest BCUT2D eigenvalue weighted by atomic mass is 33.1. The molecule has 4 nitrogen and oxygen atoms in total. The van der Waals surface area contributed by atoms with Gasteiger partial charge in [-0.2, -0.15) is 0 Å². The molecule has 0 aromatic carbocycles. The Morgan fingerprint density at radius 1 is 1.38 bits per heavy atom. The Balaban J connectivity index is 2.50. The fourth-order valence-electron chi connectivity index (χ4n) is 1.01. The molecule has 1 aliphatic rings. The molecule has 13 heavy (non-hydrogen) atoms. The number of ether oxygens (including phenoxy) is 1. The molecule has 0 saturated carbocycles. The van der Waals surface area contributed by atoms with E-state index in [-0.39, 0.29) is 12.2 Å². The molecular weight excluding hydrogens is 231 g/mol. The van der Waals surface area contributed by atoms with Crippen molar-refractivity contribution in [2.24, 2.45) is 0 Å². The summed E-state index contributed by atoms with van der Waals surface area (Å²) in [5.74, 6) is 1.49. The van der Waals surface area contributed by atoms with Crippen molar-refractivity contribution in [2.75, 3.05) is 25.3 Å². The molecule has 7 heteroatoms. The minimum absolute atomic E-state index is 0.0772. The van der Waals surface area contributed by atoms with E-state index >= 15 is 0 Å². The third-order valence-electron chi connectivity index (χ3n) is 1.60. The second-order valence-electron chi connectivity index (χ2n) is 2.79. The van der Waals surface area contributed by atoms with Crippen LogP contribution < -0.4 is 0 Å². The van der Waals surface area contributed by atoms with Crippen molar-refractivity contribution in [1.82, 2.24) is 0 Å². The molecule has 0 aliphatic carbocycles. The maximum atomic E-state index is 11.0. The lowest BCUT2D eigenvalue weighted by atomic mass is 10.2. The summed E-state index contributed by atoms with van der Waals surface area (Å²) in [5, 5.41) is 0. The largest absolute Gasteiger partial charge is 0.378 e. The number of hydrogen-bond donors (Lipinski definition) is 1. The molecule has 0 aromatic rings. The van der Waals surface area contributed by atoms with Crippen LogP contribution in [0.25, 0.3) is 0 Å². The Labute approximate surface area is 85.7 Å². The normalized spacial score (nSPS) is 34.1. The third-order valence-corrected chi connectivity index (χ3v) is 4.67. The second-order valence-corrected chi connectivity index (χ2v) is 7.16. The molecule has 1 N–H and O–H groups in total. The lowest BCUT2D eigenvalue weighted by molar-refractivity contribution is 0.0236. The van der Waals surface area contributed by atoms with Gasteiger partial charge in [-0.1, -0.05) is 21.6 Å². The Hall–Kier alpha value is 0.810. The zero-order valence-electron chi connectivity index (χ0n) is 7.50. The molecular formula is C6H13O4PS2. The Morgan fingerprint density at radius 2 is 1.92 bits per heavy atom. The fraction of sp³-hybridized carbons (Fsp3) is 1.00. The Kier molecular flexibility index (Phi) is 4.62. The van der Waals surface area contributed by atoms with E-state index in [4.69, 9.17) is 14.2 Å². The third kappa shape index (κ3) is 4.23. The molecule has 0 aromatic heterocycles. The first-order valence-corrected chi connectivity index (χ1v) is 8.30. The van der Waals surface area contributed by atoms with Crippen LogP contribution in [0.15, 0.2) is 0 Å². The van der Waals surface area contributed by atoms with Gasteiger partial charge in [-0.3, -0.25) is 4.57 Å². The standard InChI is InChI=1S/C6H13O4PS2/c1-9-5-3-12-13-4-6(5)10-11(2,7)8/h5-6H,3-4H2,1-2H3,(H,7,8). The maximum absolute atomic E-state index is 11.0. The summed E-state index contributed by atoms with van der Waals surface area (Å²) in [6.07, 6.45) is -0.344. The van der Waals surface area contributed by atoms with Gasteiger partial charge < -0.3 is 14.2 Å². The summed E-state index contributed by atoms with van der Waals surface area (Å²) < 4.78 is 21.2. The van der Waals surface area contributed by atoms with E-state index < -0.39 is 7.60 Å². The summed E-state index contributed by atoms with van der Waals surface area (Å²) >= 11 is 0. The van der Waals surface area contributed by atoms with Gasteiger partial charge in [-0.15, -0.1) is 0 Å². The van der Waals surface area contributed by atoms with Gasteiger partial charge in [0.1, 0.15) is 6.10 Å². The predicted octanol–water partition coefficient (Wildman–Crippen LogP) is 1.60. The second kappa shape index (κ2) is 5.05. The SMILES string of the molecule is COC1CSSCC1OP(C)(=O)O. The minimum atomic E-state index is -3.39. The van der Waals surface area contributed by atoms with Crippen LogP contribution in [-0.2, 0) is 13.8 Å². The average Bonchev–Trinajstić information content (AvgIpc) is 2.02. The van der Waals surface area contributed by atoms with Gasteiger partial charge in [0.25, 0.3) is 0 Å². The lowest BCUT2D eigenvalue weighted by Crippen LogP contribution is -2.36. The maximum Gasteiger partial charge on any atom is 0.325 e. The number of methoxy groups -OCH3 is 1. The topological polar surface area (TPSA) is 55.8 Å². The van der Waals surface area contributed by atoms with Crippen molar-refractivity contribution in [3.05, 3.63) is 0 Å². The van der Waals surface area contributed by atoms with Gasteiger partial charge in [0.15, 0.2) is 0 Å². The molecule has 1 aliphatic heterocycles. The molecule has 1 rings (SSSR count). The van der Waals surface area contributed by atoms with E-state index in [0.717, 1.165) is 5.75 Å². The van der Waals surface area contributed by atoms with E-state index in [2.05, 4.69) is 0 Å². The summed E-state index contributed by atoms with van der Waals surface area (Å²) in [6, 6.07) is 0. The fourth-order valence-corrected chi connectivity index (χ4v) is 4.30. The molecule has 0 bridgehead atoms. The average molecular weight is 244 g/mol. The van der Waals surface area contributed by atoms with Gasteiger partial charge in [0.05, 0.1) is 6.10 Å². The first-order chi connectivity index (χ1) is 6.03. The molecule has 1 saturated heterocycles. The summed E-state index contributed by atoms with van der Waals surface area (Å²) in [5.41, 5.74) is 0. The van der Waals surface area contributed by atoms with Crippen LogP contribution in [0.5, 0.6) is 0 Å².